The molecule has 2 rings (SSSR count). The van der Waals surface area contributed by atoms with Crippen LogP contribution < -0.4 is 0 Å². The summed E-state index contributed by atoms with van der Waals surface area (Å²) in [5, 5.41) is 0. The molecule has 0 aromatic heterocycles. The van der Waals surface area contributed by atoms with E-state index in [9.17, 15) is 9.59 Å². The molecule has 2 aliphatic rings. The molecule has 0 radical (unpaired) electrons. The van der Waals surface area contributed by atoms with Gasteiger partial charge in [-0.2, -0.15) is 0 Å². The third kappa shape index (κ3) is 0.915. The van der Waals surface area contributed by atoms with Gasteiger partial charge in [0.2, 0.25) is 0 Å². The van der Waals surface area contributed by atoms with E-state index in [0.29, 0.717) is 11.6 Å². The Hall–Kier alpha value is -0.920. The first-order valence-electron chi connectivity index (χ1n) is 5.28. The molecule has 2 nitrogen and oxygen atoms in total. The minimum Gasteiger partial charge on any atom is -0.298 e. The van der Waals surface area contributed by atoms with E-state index in [1.165, 1.54) is 0 Å². The summed E-state index contributed by atoms with van der Waals surface area (Å²) >= 11 is 0. The number of hydrogen-bond acceptors (Lipinski definition) is 2. The van der Waals surface area contributed by atoms with Gasteiger partial charge in [0.1, 0.15) is 11.6 Å². The molecule has 2 heteroatoms. The van der Waals surface area contributed by atoms with Crippen LogP contribution in [0, 0.1) is 23.7 Å². The molecule has 0 amide bonds. The van der Waals surface area contributed by atoms with Crippen molar-refractivity contribution in [1.29, 1.82) is 0 Å². The molecular formula is C12H16O2. The number of hydrogen-bond donors (Lipinski definition) is 0. The maximum atomic E-state index is 11.8. The molecule has 0 bridgehead atoms. The molecule has 0 saturated heterocycles. The van der Waals surface area contributed by atoms with Crippen LogP contribution in [0.15, 0.2) is 11.1 Å². The average Bonchev–Trinajstić information content (AvgIpc) is 2.51. The van der Waals surface area contributed by atoms with E-state index >= 15 is 0 Å². The van der Waals surface area contributed by atoms with E-state index in [-0.39, 0.29) is 23.7 Å². The molecule has 0 fully saturated rings. The Morgan fingerprint density at radius 1 is 0.643 bits per heavy atom. The van der Waals surface area contributed by atoms with Gasteiger partial charge in [0.05, 0.1) is 0 Å². The molecule has 0 N–H and O–H groups in total. The van der Waals surface area contributed by atoms with Gasteiger partial charge in [0.15, 0.2) is 0 Å². The lowest BCUT2D eigenvalue weighted by molar-refractivity contribution is -0.125. The molecular weight excluding hydrogens is 176 g/mol. The summed E-state index contributed by atoms with van der Waals surface area (Å²) in [6, 6.07) is 0. The van der Waals surface area contributed by atoms with Crippen molar-refractivity contribution >= 4 is 11.6 Å². The van der Waals surface area contributed by atoms with Gasteiger partial charge in [0.25, 0.3) is 0 Å². The summed E-state index contributed by atoms with van der Waals surface area (Å²) in [6.07, 6.45) is 0. The van der Waals surface area contributed by atoms with Gasteiger partial charge < -0.3 is 0 Å². The van der Waals surface area contributed by atoms with E-state index in [1.807, 2.05) is 27.7 Å². The molecule has 0 spiro atoms. The smallest absolute Gasteiger partial charge is 0.146 e. The monoisotopic (exact) mass is 192 g/mol. The first kappa shape index (κ1) is 9.63. The van der Waals surface area contributed by atoms with Gasteiger partial charge in [0, 0.05) is 23.7 Å². The van der Waals surface area contributed by atoms with Crippen LogP contribution in [-0.4, -0.2) is 11.6 Å². The number of ketones is 2. The predicted octanol–water partition coefficient (Wildman–Crippen LogP) is 1.99. The fraction of sp³-hybridized carbons (Fsp3) is 0.667. The van der Waals surface area contributed by atoms with Crippen LogP contribution in [0.2, 0.25) is 0 Å². The standard InChI is InChI=1S/C12H16O2/c1-5-9-6(2)12(14)8(4)10(9)7(3)11(5)13/h5-8H,1-4H3. The fourth-order valence-electron chi connectivity index (χ4n) is 3.11. The van der Waals surface area contributed by atoms with Crippen molar-refractivity contribution in [3.8, 4) is 0 Å². The van der Waals surface area contributed by atoms with Gasteiger partial charge in [-0.25, -0.2) is 0 Å². The predicted molar refractivity (Wildman–Crippen MR) is 53.7 cm³/mol. The molecule has 4 atom stereocenters. The van der Waals surface area contributed by atoms with Crippen molar-refractivity contribution in [2.45, 2.75) is 27.7 Å². The van der Waals surface area contributed by atoms with Crippen molar-refractivity contribution in [1.82, 2.24) is 0 Å². The van der Waals surface area contributed by atoms with Crippen LogP contribution >= 0.6 is 0 Å². The van der Waals surface area contributed by atoms with Crippen molar-refractivity contribution in [3.05, 3.63) is 11.1 Å². The number of allylic oxidation sites excluding steroid dienone is 2. The largest absolute Gasteiger partial charge is 0.298 e. The van der Waals surface area contributed by atoms with Crippen LogP contribution in [0.1, 0.15) is 27.7 Å². The van der Waals surface area contributed by atoms with E-state index in [2.05, 4.69) is 0 Å². The lowest BCUT2D eigenvalue weighted by atomic mass is 9.87. The molecule has 14 heavy (non-hydrogen) atoms. The number of carbonyl (C=O) groups is 2. The first-order valence-corrected chi connectivity index (χ1v) is 5.28. The molecule has 0 saturated carbocycles. The van der Waals surface area contributed by atoms with Crippen LogP contribution in [0.5, 0.6) is 0 Å². The average molecular weight is 192 g/mol. The SMILES string of the molecule is CC1C(=O)C(C)C2=C1C(C)C(=O)C2C. The Kier molecular flexibility index (Phi) is 1.91. The van der Waals surface area contributed by atoms with Gasteiger partial charge in [-0.1, -0.05) is 27.7 Å². The highest BCUT2D eigenvalue weighted by molar-refractivity contribution is 6.02. The Labute approximate surface area is 84.4 Å². The molecule has 0 aromatic carbocycles. The molecule has 0 heterocycles. The lowest BCUT2D eigenvalue weighted by Gasteiger charge is -2.14. The molecule has 4 unspecified atom stereocenters. The Morgan fingerprint density at radius 3 is 1.07 bits per heavy atom. The highest BCUT2D eigenvalue weighted by Gasteiger charge is 2.48. The first-order chi connectivity index (χ1) is 6.46. The van der Waals surface area contributed by atoms with Crippen LogP contribution in [0.4, 0.5) is 0 Å². The topological polar surface area (TPSA) is 34.1 Å². The molecule has 2 aliphatic carbocycles. The molecule has 76 valence electrons. The van der Waals surface area contributed by atoms with Crippen LogP contribution in [0.3, 0.4) is 0 Å². The van der Waals surface area contributed by atoms with E-state index in [0.717, 1.165) is 11.1 Å². The Balaban J connectivity index is 2.51. The van der Waals surface area contributed by atoms with Crippen molar-refractivity contribution in [3.63, 3.8) is 0 Å². The van der Waals surface area contributed by atoms with Gasteiger partial charge in [-0.05, 0) is 11.1 Å². The third-order valence-electron chi connectivity index (χ3n) is 3.91. The van der Waals surface area contributed by atoms with Crippen molar-refractivity contribution < 1.29 is 9.59 Å². The maximum absolute atomic E-state index is 11.8. The molecule has 0 aromatic rings. The minimum absolute atomic E-state index is 0.0242. The highest BCUT2D eigenvalue weighted by Crippen LogP contribution is 2.47. The van der Waals surface area contributed by atoms with E-state index < -0.39 is 0 Å². The summed E-state index contributed by atoms with van der Waals surface area (Å²) in [5.41, 5.74) is 2.25. The minimum atomic E-state index is -0.0242. The lowest BCUT2D eigenvalue weighted by Crippen LogP contribution is -2.23. The van der Waals surface area contributed by atoms with Crippen LogP contribution in [0.25, 0.3) is 0 Å². The second-order valence-electron chi connectivity index (χ2n) is 4.60. The quantitative estimate of drug-likeness (QED) is 0.550. The summed E-state index contributed by atoms with van der Waals surface area (Å²) in [7, 11) is 0. The Bertz CT molecular complexity index is 289. The number of rotatable bonds is 0. The number of Topliss-reactive ketones (excluding diaryl/α,β-unsaturated/α-hetero) is 2. The zero-order valence-corrected chi connectivity index (χ0v) is 9.13. The van der Waals surface area contributed by atoms with Gasteiger partial charge in [-0.3, -0.25) is 9.59 Å². The summed E-state index contributed by atoms with van der Waals surface area (Å²) in [4.78, 5) is 23.5. The normalized spacial score (nSPS) is 42.3. The summed E-state index contributed by atoms with van der Waals surface area (Å²) in [5.74, 6) is 0.489. The van der Waals surface area contributed by atoms with E-state index in [1.54, 1.807) is 0 Å². The Morgan fingerprint density at radius 2 is 0.857 bits per heavy atom. The molecule has 0 aliphatic heterocycles. The van der Waals surface area contributed by atoms with Crippen molar-refractivity contribution in [2.24, 2.45) is 23.7 Å². The fourth-order valence-corrected chi connectivity index (χ4v) is 3.11. The van der Waals surface area contributed by atoms with Crippen molar-refractivity contribution in [2.75, 3.05) is 0 Å². The third-order valence-corrected chi connectivity index (χ3v) is 3.91. The van der Waals surface area contributed by atoms with E-state index in [4.69, 9.17) is 0 Å². The van der Waals surface area contributed by atoms with Gasteiger partial charge >= 0.3 is 0 Å². The maximum Gasteiger partial charge on any atom is 0.146 e. The summed E-state index contributed by atoms with van der Waals surface area (Å²) in [6.45, 7) is 7.73. The zero-order valence-electron chi connectivity index (χ0n) is 9.13. The van der Waals surface area contributed by atoms with Crippen LogP contribution in [-0.2, 0) is 9.59 Å². The second kappa shape index (κ2) is 2.78. The van der Waals surface area contributed by atoms with Gasteiger partial charge in [-0.15, -0.1) is 0 Å². The zero-order chi connectivity index (χ0) is 10.6. The number of carbonyl (C=O) groups excluding carboxylic acids is 2. The highest BCUT2D eigenvalue weighted by atomic mass is 16.1. The second-order valence-corrected chi connectivity index (χ2v) is 4.60. The summed E-state index contributed by atoms with van der Waals surface area (Å²) < 4.78 is 0.